The number of anilines is 1. The zero-order valence-corrected chi connectivity index (χ0v) is 10.9. The highest BCUT2D eigenvalue weighted by Gasteiger charge is 2.17. The zero-order chi connectivity index (χ0) is 14.9. The average Bonchev–Trinajstić information content (AvgIpc) is 2.41. The van der Waals surface area contributed by atoms with Gasteiger partial charge in [0, 0.05) is 6.07 Å². The van der Waals surface area contributed by atoms with Crippen LogP contribution in [-0.4, -0.2) is 15.2 Å². The summed E-state index contributed by atoms with van der Waals surface area (Å²) in [7, 11) is 0. The van der Waals surface area contributed by atoms with E-state index in [9.17, 15) is 10.0 Å². The van der Waals surface area contributed by atoms with Crippen molar-refractivity contribution < 1.29 is 4.73 Å². The van der Waals surface area contributed by atoms with Gasteiger partial charge in [0.15, 0.2) is 0 Å². The molecular weight excluding hydrogens is 260 g/mol. The number of hydrogen-bond donors (Lipinski definition) is 2. The molecule has 0 fully saturated rings. The van der Waals surface area contributed by atoms with Crippen molar-refractivity contribution in [2.24, 2.45) is 0 Å². The van der Waals surface area contributed by atoms with Crippen molar-refractivity contribution in [1.29, 1.82) is 5.26 Å². The first-order valence-electron chi connectivity index (χ1n) is 5.83. The van der Waals surface area contributed by atoms with E-state index in [4.69, 9.17) is 11.0 Å². The number of H-pyrrole nitrogens is 1. The molecule has 0 aliphatic heterocycles. The van der Waals surface area contributed by atoms with Gasteiger partial charge in [-0.25, -0.2) is 14.8 Å². The van der Waals surface area contributed by atoms with Gasteiger partial charge in [-0.05, 0) is 11.5 Å². The van der Waals surface area contributed by atoms with E-state index in [-0.39, 0.29) is 28.7 Å². The van der Waals surface area contributed by atoms with Crippen molar-refractivity contribution in [2.75, 3.05) is 5.73 Å². The van der Waals surface area contributed by atoms with Crippen molar-refractivity contribution >= 4 is 5.82 Å². The third kappa shape index (κ3) is 2.29. The second kappa shape index (κ2) is 4.97. The fraction of sp³-hybridized carbons (Fsp3) is 0.250. The first-order chi connectivity index (χ1) is 9.43. The zero-order valence-electron chi connectivity index (χ0n) is 10.9. The first kappa shape index (κ1) is 13.5. The smallest absolute Gasteiger partial charge is 0.312 e. The van der Waals surface area contributed by atoms with Gasteiger partial charge in [-0.3, -0.25) is 10.5 Å². The Balaban J connectivity index is 2.72. The fourth-order valence-corrected chi connectivity index (χ4v) is 1.75. The Hall–Kier alpha value is -2.95. The molecule has 2 heterocycles. The minimum absolute atomic E-state index is 0.00444. The van der Waals surface area contributed by atoms with Crippen LogP contribution in [0, 0.1) is 16.5 Å². The molecule has 3 N–H and O–H groups in total. The Morgan fingerprint density at radius 2 is 2.25 bits per heavy atom. The van der Waals surface area contributed by atoms with Crippen molar-refractivity contribution in [3.05, 3.63) is 39.1 Å². The lowest BCUT2D eigenvalue weighted by Crippen LogP contribution is -2.32. The molecule has 0 aliphatic rings. The SMILES string of the molecule is CC(C)c1cc(=O)[nH]nc1-c1c[n+]([O-])c(N)c(C#N)n1. The van der Waals surface area contributed by atoms with E-state index < -0.39 is 0 Å². The lowest BCUT2D eigenvalue weighted by Gasteiger charge is -2.12. The van der Waals surface area contributed by atoms with Gasteiger partial charge in [0.25, 0.3) is 5.56 Å². The van der Waals surface area contributed by atoms with Gasteiger partial charge in [-0.2, -0.15) is 10.4 Å². The molecule has 0 bridgehead atoms. The summed E-state index contributed by atoms with van der Waals surface area (Å²) in [5.41, 5.74) is 6.09. The van der Waals surface area contributed by atoms with E-state index in [2.05, 4.69) is 15.2 Å². The van der Waals surface area contributed by atoms with E-state index >= 15 is 0 Å². The molecule has 2 aromatic rings. The van der Waals surface area contributed by atoms with E-state index in [1.54, 1.807) is 6.07 Å². The Morgan fingerprint density at radius 3 is 2.85 bits per heavy atom. The number of aromatic nitrogens is 4. The third-order valence-corrected chi connectivity index (χ3v) is 2.76. The standard InChI is InChI=1S/C12H12N6O2/c1-6(2)7-3-10(19)16-17-11(7)9-5-18(20)12(14)8(4-13)15-9/h3,5-6H,14H2,1-2H3,(H,16,19). The minimum Gasteiger partial charge on any atom is -0.710 e. The van der Waals surface area contributed by atoms with E-state index in [1.165, 1.54) is 6.07 Å². The van der Waals surface area contributed by atoms with Gasteiger partial charge < -0.3 is 5.21 Å². The topological polar surface area (TPSA) is 135 Å². The molecule has 102 valence electrons. The molecule has 0 amide bonds. The number of rotatable bonds is 2. The predicted molar refractivity (Wildman–Crippen MR) is 70.3 cm³/mol. The number of aromatic amines is 1. The van der Waals surface area contributed by atoms with Crippen LogP contribution in [0.2, 0.25) is 0 Å². The normalized spacial score (nSPS) is 10.5. The second-order valence-corrected chi connectivity index (χ2v) is 4.49. The average molecular weight is 272 g/mol. The minimum atomic E-state index is -0.344. The highest BCUT2D eigenvalue weighted by atomic mass is 16.5. The van der Waals surface area contributed by atoms with E-state index in [1.807, 2.05) is 13.8 Å². The lowest BCUT2D eigenvalue weighted by molar-refractivity contribution is -0.589. The highest BCUT2D eigenvalue weighted by molar-refractivity contribution is 5.59. The van der Waals surface area contributed by atoms with Crippen molar-refractivity contribution in [2.45, 2.75) is 19.8 Å². The van der Waals surface area contributed by atoms with Gasteiger partial charge in [0.1, 0.15) is 23.7 Å². The summed E-state index contributed by atoms with van der Waals surface area (Å²) < 4.78 is 0.359. The summed E-state index contributed by atoms with van der Waals surface area (Å²) in [6.45, 7) is 3.77. The van der Waals surface area contributed by atoms with Crippen LogP contribution >= 0.6 is 0 Å². The van der Waals surface area contributed by atoms with Gasteiger partial charge in [0.05, 0.1) is 0 Å². The summed E-state index contributed by atoms with van der Waals surface area (Å²) >= 11 is 0. The molecule has 2 rings (SSSR count). The number of nitrogen functional groups attached to an aromatic ring is 1. The molecule has 0 saturated heterocycles. The van der Waals surface area contributed by atoms with E-state index in [0.717, 1.165) is 6.20 Å². The highest BCUT2D eigenvalue weighted by Crippen LogP contribution is 2.24. The molecule has 0 saturated carbocycles. The quantitative estimate of drug-likeness (QED) is 0.585. The maximum Gasteiger partial charge on any atom is 0.312 e. The fourth-order valence-electron chi connectivity index (χ4n) is 1.75. The number of nitrogens with one attached hydrogen (secondary N) is 1. The van der Waals surface area contributed by atoms with Crippen LogP contribution in [0.4, 0.5) is 5.82 Å². The monoisotopic (exact) mass is 272 g/mol. The Bertz CT molecular complexity index is 760. The summed E-state index contributed by atoms with van der Waals surface area (Å²) in [5, 5.41) is 26.8. The molecule has 8 nitrogen and oxygen atoms in total. The van der Waals surface area contributed by atoms with Gasteiger partial charge >= 0.3 is 5.82 Å². The first-order valence-corrected chi connectivity index (χ1v) is 5.83. The van der Waals surface area contributed by atoms with Gasteiger partial charge in [-0.1, -0.05) is 13.8 Å². The maximum atomic E-state index is 11.6. The van der Waals surface area contributed by atoms with Crippen LogP contribution in [0.25, 0.3) is 11.4 Å². The second-order valence-electron chi connectivity index (χ2n) is 4.49. The predicted octanol–water partition coefficient (Wildman–Crippen LogP) is 0.0426. The number of nitrogens with zero attached hydrogens (tertiary/aromatic N) is 4. The van der Waals surface area contributed by atoms with Crippen molar-refractivity contribution in [3.63, 3.8) is 0 Å². The Labute approximate surface area is 114 Å². The van der Waals surface area contributed by atoms with Crippen LogP contribution in [0.1, 0.15) is 31.0 Å². The molecule has 2 aromatic heterocycles. The van der Waals surface area contributed by atoms with Crippen LogP contribution < -0.4 is 16.0 Å². The Morgan fingerprint density at radius 1 is 1.55 bits per heavy atom. The van der Waals surface area contributed by atoms with Crippen LogP contribution in [0.15, 0.2) is 17.1 Å². The molecule has 0 spiro atoms. The van der Waals surface area contributed by atoms with Crippen LogP contribution in [0.5, 0.6) is 0 Å². The molecule has 8 heteroatoms. The molecule has 0 radical (unpaired) electrons. The maximum absolute atomic E-state index is 11.6. The van der Waals surface area contributed by atoms with Crippen molar-refractivity contribution in [3.8, 4) is 17.5 Å². The van der Waals surface area contributed by atoms with Gasteiger partial charge in [-0.15, -0.1) is 0 Å². The molecule has 20 heavy (non-hydrogen) atoms. The van der Waals surface area contributed by atoms with Crippen molar-refractivity contribution in [1.82, 2.24) is 15.2 Å². The van der Waals surface area contributed by atoms with Crippen LogP contribution in [0.3, 0.4) is 0 Å². The number of nitriles is 1. The summed E-state index contributed by atoms with van der Waals surface area (Å²) in [6.07, 6.45) is 1.13. The molecular formula is C12H12N6O2. The van der Waals surface area contributed by atoms with Crippen LogP contribution in [-0.2, 0) is 0 Å². The number of nitrogens with two attached hydrogens (primary N) is 1. The third-order valence-electron chi connectivity index (χ3n) is 2.76. The van der Waals surface area contributed by atoms with Gasteiger partial charge in [0.2, 0.25) is 5.69 Å². The molecule has 0 unspecified atom stereocenters. The number of hydrogen-bond acceptors (Lipinski definition) is 6. The lowest BCUT2D eigenvalue weighted by atomic mass is 10.0. The van der Waals surface area contributed by atoms with E-state index in [0.29, 0.717) is 16.0 Å². The molecule has 0 atom stereocenters. The Kier molecular flexibility index (Phi) is 3.35. The summed E-state index contributed by atoms with van der Waals surface area (Å²) in [4.78, 5) is 15.3. The summed E-state index contributed by atoms with van der Waals surface area (Å²) in [6, 6.07) is 3.14. The summed E-state index contributed by atoms with van der Waals surface area (Å²) in [5.74, 6) is -0.267. The molecule has 0 aromatic carbocycles. The largest absolute Gasteiger partial charge is 0.710 e. The molecule has 0 aliphatic carbocycles.